The van der Waals surface area contributed by atoms with Crippen molar-refractivity contribution in [3.8, 4) is 0 Å². The molecule has 0 bridgehead atoms. The monoisotopic (exact) mass is 306 g/mol. The molecule has 0 saturated carbocycles. The summed E-state index contributed by atoms with van der Waals surface area (Å²) < 4.78 is 5.26. The Labute approximate surface area is 96.6 Å². The number of benzene rings is 1. The van der Waals surface area contributed by atoms with Gasteiger partial charge >= 0.3 is 11.9 Å². The van der Waals surface area contributed by atoms with Gasteiger partial charge in [0.15, 0.2) is 0 Å². The van der Waals surface area contributed by atoms with Gasteiger partial charge < -0.3 is 4.74 Å². The van der Waals surface area contributed by atoms with Gasteiger partial charge in [-0.05, 0) is 34.7 Å². The summed E-state index contributed by atoms with van der Waals surface area (Å²) in [4.78, 5) is 19.6. The lowest BCUT2D eigenvalue weighted by Gasteiger charge is -1.87. The number of rotatable bonds is 0. The molecule has 0 spiro atoms. The van der Waals surface area contributed by atoms with Crippen LogP contribution in [0.5, 0.6) is 0 Å². The molecule has 0 aliphatic heterocycles. The first kappa shape index (κ1) is 13.1. The Bertz CT molecular complexity index is 283. The van der Waals surface area contributed by atoms with Gasteiger partial charge in [0.2, 0.25) is 0 Å². The lowest BCUT2D eigenvalue weighted by atomic mass is 10.4. The third kappa shape index (κ3) is 9.18. The third-order valence-electron chi connectivity index (χ3n) is 1.02. The predicted molar refractivity (Wildman–Crippen MR) is 61.6 cm³/mol. The van der Waals surface area contributed by atoms with Gasteiger partial charge in [0, 0.05) is 17.4 Å². The summed E-state index contributed by atoms with van der Waals surface area (Å²) in [5, 5.41) is 0. The molecule has 0 fully saturated rings. The van der Waals surface area contributed by atoms with Gasteiger partial charge in [0.1, 0.15) is 0 Å². The summed E-state index contributed by atoms with van der Waals surface area (Å²) in [6.45, 7) is 2.36. The molecule has 0 aromatic heterocycles. The zero-order valence-corrected chi connectivity index (χ0v) is 10.1. The molecule has 1 rings (SSSR count). The largest absolute Gasteiger partial charge is 0.394 e. The maximum absolute atomic E-state index is 9.81. The highest BCUT2D eigenvalue weighted by atomic mass is 127. The Morgan fingerprint density at radius 2 is 1.50 bits per heavy atom. The van der Waals surface area contributed by atoms with Gasteiger partial charge in [0.05, 0.1) is 0 Å². The van der Waals surface area contributed by atoms with Gasteiger partial charge in [-0.3, -0.25) is 9.59 Å². The first-order valence-electron chi connectivity index (χ1n) is 3.92. The summed E-state index contributed by atoms with van der Waals surface area (Å²) in [6.07, 6.45) is 0. The van der Waals surface area contributed by atoms with Crippen LogP contribution in [0, 0.1) is 3.57 Å². The molecule has 76 valence electrons. The average Bonchev–Trinajstić information content (AvgIpc) is 2.03. The standard InChI is InChI=1S/C6H5I.C4H6O3/c7-6-4-2-1-3-5-6;1-3(5)7-4(2)6/h1-5H;1-2H3. The number of carbonyl (C=O) groups is 2. The second kappa shape index (κ2) is 7.49. The van der Waals surface area contributed by atoms with Crippen LogP contribution in [-0.4, -0.2) is 11.9 Å². The molecule has 0 saturated heterocycles. The fourth-order valence-electron chi connectivity index (χ4n) is 0.617. The highest BCUT2D eigenvalue weighted by molar-refractivity contribution is 14.1. The van der Waals surface area contributed by atoms with E-state index in [1.54, 1.807) is 0 Å². The van der Waals surface area contributed by atoms with Gasteiger partial charge in [-0.2, -0.15) is 0 Å². The predicted octanol–water partition coefficient (Wildman–Crippen LogP) is 2.39. The van der Waals surface area contributed by atoms with Crippen LogP contribution in [0.15, 0.2) is 30.3 Å². The Balaban J connectivity index is 0.000000241. The molecule has 0 radical (unpaired) electrons. The molecule has 3 nitrogen and oxygen atoms in total. The minimum atomic E-state index is -0.562. The zero-order chi connectivity index (χ0) is 11.0. The molecule has 14 heavy (non-hydrogen) atoms. The van der Waals surface area contributed by atoms with Crippen molar-refractivity contribution in [1.29, 1.82) is 0 Å². The fourth-order valence-corrected chi connectivity index (χ4v) is 1.03. The van der Waals surface area contributed by atoms with Gasteiger partial charge in [0.25, 0.3) is 0 Å². The summed E-state index contributed by atoms with van der Waals surface area (Å²) >= 11 is 2.28. The topological polar surface area (TPSA) is 43.4 Å². The van der Waals surface area contributed by atoms with Crippen LogP contribution >= 0.6 is 22.6 Å². The van der Waals surface area contributed by atoms with E-state index in [1.807, 2.05) is 18.2 Å². The summed E-state index contributed by atoms with van der Waals surface area (Å²) in [5.74, 6) is -1.12. The molecule has 0 atom stereocenters. The van der Waals surface area contributed by atoms with Crippen molar-refractivity contribution < 1.29 is 14.3 Å². The van der Waals surface area contributed by atoms with Crippen molar-refractivity contribution in [3.05, 3.63) is 33.9 Å². The minimum absolute atomic E-state index is 0.562. The highest BCUT2D eigenvalue weighted by Gasteiger charge is 1.93. The van der Waals surface area contributed by atoms with E-state index in [2.05, 4.69) is 39.5 Å². The summed E-state index contributed by atoms with van der Waals surface area (Å²) in [7, 11) is 0. The lowest BCUT2D eigenvalue weighted by molar-refractivity contribution is -0.156. The molecular weight excluding hydrogens is 295 g/mol. The van der Waals surface area contributed by atoms with Crippen LogP contribution in [0.1, 0.15) is 13.8 Å². The molecule has 0 aliphatic rings. The average molecular weight is 306 g/mol. The van der Waals surface area contributed by atoms with E-state index >= 15 is 0 Å². The minimum Gasteiger partial charge on any atom is -0.394 e. The Hall–Kier alpha value is -0.910. The SMILES string of the molecule is CC(=O)OC(C)=O.Ic1ccccc1. The van der Waals surface area contributed by atoms with Gasteiger partial charge in [-0.1, -0.05) is 18.2 Å². The van der Waals surface area contributed by atoms with Crippen molar-refractivity contribution in [2.45, 2.75) is 13.8 Å². The van der Waals surface area contributed by atoms with Crippen LogP contribution < -0.4 is 0 Å². The molecule has 0 N–H and O–H groups in total. The van der Waals surface area contributed by atoms with Gasteiger partial charge in [-0.15, -0.1) is 0 Å². The first-order chi connectivity index (χ1) is 6.52. The number of hydrogen-bond acceptors (Lipinski definition) is 3. The van der Waals surface area contributed by atoms with E-state index in [0.717, 1.165) is 0 Å². The van der Waals surface area contributed by atoms with E-state index in [9.17, 15) is 9.59 Å². The van der Waals surface area contributed by atoms with Crippen LogP contribution in [0.3, 0.4) is 0 Å². The Kier molecular flexibility index (Phi) is 7.00. The molecule has 1 aromatic rings. The molecule has 0 amide bonds. The molecular formula is C10H11IO3. The number of halogens is 1. The molecule has 0 heterocycles. The van der Waals surface area contributed by atoms with Crippen molar-refractivity contribution >= 4 is 34.5 Å². The quantitative estimate of drug-likeness (QED) is 0.420. The molecule has 0 aliphatic carbocycles. The zero-order valence-electron chi connectivity index (χ0n) is 7.99. The number of ether oxygens (including phenoxy) is 1. The second-order valence-corrected chi connectivity index (χ2v) is 3.63. The number of esters is 2. The fraction of sp³-hybridized carbons (Fsp3) is 0.200. The molecule has 4 heteroatoms. The van der Waals surface area contributed by atoms with Gasteiger partial charge in [-0.25, -0.2) is 0 Å². The maximum Gasteiger partial charge on any atom is 0.310 e. The van der Waals surface area contributed by atoms with E-state index in [4.69, 9.17) is 0 Å². The first-order valence-corrected chi connectivity index (χ1v) is 4.99. The summed E-state index contributed by atoms with van der Waals surface area (Å²) in [5.41, 5.74) is 0. The number of carbonyl (C=O) groups excluding carboxylic acids is 2. The smallest absolute Gasteiger partial charge is 0.310 e. The Morgan fingerprint density at radius 1 is 1.07 bits per heavy atom. The number of hydrogen-bond donors (Lipinski definition) is 0. The summed E-state index contributed by atoms with van der Waals surface area (Å²) in [6, 6.07) is 10.2. The highest BCUT2D eigenvalue weighted by Crippen LogP contribution is 1.99. The van der Waals surface area contributed by atoms with Crippen LogP contribution in [0.2, 0.25) is 0 Å². The van der Waals surface area contributed by atoms with Crippen LogP contribution in [-0.2, 0) is 14.3 Å². The lowest BCUT2D eigenvalue weighted by Crippen LogP contribution is -2.03. The molecule has 0 unspecified atom stereocenters. The Morgan fingerprint density at radius 3 is 1.64 bits per heavy atom. The second-order valence-electron chi connectivity index (χ2n) is 2.38. The van der Waals surface area contributed by atoms with Crippen molar-refractivity contribution in [2.75, 3.05) is 0 Å². The van der Waals surface area contributed by atoms with Crippen LogP contribution in [0.4, 0.5) is 0 Å². The maximum atomic E-state index is 9.81. The van der Waals surface area contributed by atoms with E-state index in [0.29, 0.717) is 0 Å². The van der Waals surface area contributed by atoms with E-state index < -0.39 is 11.9 Å². The third-order valence-corrected chi connectivity index (χ3v) is 1.74. The van der Waals surface area contributed by atoms with Crippen molar-refractivity contribution in [1.82, 2.24) is 0 Å². The van der Waals surface area contributed by atoms with E-state index in [1.165, 1.54) is 17.4 Å². The van der Waals surface area contributed by atoms with E-state index in [-0.39, 0.29) is 0 Å². The van der Waals surface area contributed by atoms with Crippen molar-refractivity contribution in [3.63, 3.8) is 0 Å². The van der Waals surface area contributed by atoms with Crippen LogP contribution in [0.25, 0.3) is 0 Å². The van der Waals surface area contributed by atoms with Crippen molar-refractivity contribution in [2.24, 2.45) is 0 Å². The normalized spacial score (nSPS) is 8.21. The molecule has 1 aromatic carbocycles.